The summed E-state index contributed by atoms with van der Waals surface area (Å²) in [5.41, 5.74) is 4.18. The standard InChI is InChI=1S/C26H26BrClFN5O/c1-3-23-25(8-19(27)12-30-23)35-16(2)22-9-20(29)6-7-21(22)24-10-26(28)32-34(24)15-18-11-31-33(14-18)13-17-4-5-17/h6-12,14,16-17H,3-5,13,15H2,1-2H3/t16-/m1/s1. The molecule has 5 rings (SSSR count). The molecule has 0 radical (unpaired) electrons. The number of hydrogen-bond donors (Lipinski definition) is 0. The largest absolute Gasteiger partial charge is 0.484 e. The summed E-state index contributed by atoms with van der Waals surface area (Å²) in [6, 6.07) is 8.41. The zero-order valence-corrected chi connectivity index (χ0v) is 21.9. The van der Waals surface area contributed by atoms with E-state index in [0.29, 0.717) is 23.0 Å². The molecule has 9 heteroatoms. The number of nitrogens with zero attached hydrogens (tertiary/aromatic N) is 5. The predicted octanol–water partition coefficient (Wildman–Crippen LogP) is 6.86. The molecule has 0 N–H and O–H groups in total. The summed E-state index contributed by atoms with van der Waals surface area (Å²) in [6.45, 7) is 5.39. The lowest BCUT2D eigenvalue weighted by atomic mass is 10.00. The van der Waals surface area contributed by atoms with Crippen LogP contribution in [0.15, 0.2) is 53.4 Å². The van der Waals surface area contributed by atoms with E-state index in [-0.39, 0.29) is 5.82 Å². The smallest absolute Gasteiger partial charge is 0.151 e. The summed E-state index contributed by atoms with van der Waals surface area (Å²) >= 11 is 9.80. The van der Waals surface area contributed by atoms with Crippen LogP contribution in [0.2, 0.25) is 5.15 Å². The zero-order chi connectivity index (χ0) is 24.5. The number of benzene rings is 1. The van der Waals surface area contributed by atoms with Gasteiger partial charge in [0.1, 0.15) is 17.7 Å². The first-order valence-corrected chi connectivity index (χ1v) is 12.9. The Balaban J connectivity index is 1.46. The number of aryl methyl sites for hydroxylation is 1. The van der Waals surface area contributed by atoms with Crippen molar-refractivity contribution in [2.45, 2.75) is 52.3 Å². The lowest BCUT2D eigenvalue weighted by Crippen LogP contribution is -2.10. The number of halogens is 3. The fourth-order valence-corrected chi connectivity index (χ4v) is 4.73. The topological polar surface area (TPSA) is 57.8 Å². The summed E-state index contributed by atoms with van der Waals surface area (Å²) in [4.78, 5) is 4.44. The minimum absolute atomic E-state index is 0.333. The highest BCUT2D eigenvalue weighted by atomic mass is 79.9. The Bertz CT molecular complexity index is 1350. The summed E-state index contributed by atoms with van der Waals surface area (Å²) in [7, 11) is 0. The highest BCUT2D eigenvalue weighted by molar-refractivity contribution is 9.10. The molecule has 1 atom stereocenters. The SMILES string of the molecule is CCc1ncc(Br)cc1O[C@H](C)c1cc(F)ccc1-c1cc(Cl)nn1Cc1cnn(CC2CC2)c1. The predicted molar refractivity (Wildman–Crippen MR) is 137 cm³/mol. The van der Waals surface area contributed by atoms with E-state index in [1.165, 1.54) is 25.0 Å². The van der Waals surface area contributed by atoms with Crippen LogP contribution in [0.3, 0.4) is 0 Å². The Hall–Kier alpha value is -2.71. The summed E-state index contributed by atoms with van der Waals surface area (Å²) in [5, 5.41) is 9.37. The van der Waals surface area contributed by atoms with Gasteiger partial charge in [0.2, 0.25) is 0 Å². The monoisotopic (exact) mass is 557 g/mol. The van der Waals surface area contributed by atoms with Crippen molar-refractivity contribution in [3.05, 3.63) is 81.2 Å². The Labute approximate surface area is 217 Å². The minimum atomic E-state index is -0.439. The van der Waals surface area contributed by atoms with Crippen LogP contribution in [0, 0.1) is 11.7 Å². The van der Waals surface area contributed by atoms with E-state index in [4.69, 9.17) is 16.3 Å². The molecule has 1 aromatic carbocycles. The quantitative estimate of drug-likeness (QED) is 0.225. The van der Waals surface area contributed by atoms with Crippen molar-refractivity contribution in [1.82, 2.24) is 24.5 Å². The molecule has 6 nitrogen and oxygen atoms in total. The average molecular weight is 559 g/mol. The van der Waals surface area contributed by atoms with Crippen molar-refractivity contribution in [1.29, 1.82) is 0 Å². The van der Waals surface area contributed by atoms with Gasteiger partial charge in [0.25, 0.3) is 0 Å². The third kappa shape index (κ3) is 5.59. The second kappa shape index (κ2) is 10.1. The Morgan fingerprint density at radius 2 is 2.06 bits per heavy atom. The number of hydrogen-bond acceptors (Lipinski definition) is 4. The highest BCUT2D eigenvalue weighted by Gasteiger charge is 2.23. The third-order valence-electron chi connectivity index (χ3n) is 6.17. The van der Waals surface area contributed by atoms with Gasteiger partial charge in [0.05, 0.1) is 24.1 Å². The Morgan fingerprint density at radius 3 is 2.83 bits per heavy atom. The maximum Gasteiger partial charge on any atom is 0.151 e. The van der Waals surface area contributed by atoms with Crippen molar-refractivity contribution in [2.75, 3.05) is 0 Å². The fraction of sp³-hybridized carbons (Fsp3) is 0.346. The van der Waals surface area contributed by atoms with Crippen molar-refractivity contribution < 1.29 is 9.13 Å². The molecule has 3 aromatic heterocycles. The van der Waals surface area contributed by atoms with Crippen LogP contribution in [0.5, 0.6) is 5.75 Å². The van der Waals surface area contributed by atoms with Gasteiger partial charge in [-0.3, -0.25) is 14.3 Å². The van der Waals surface area contributed by atoms with Gasteiger partial charge >= 0.3 is 0 Å². The average Bonchev–Trinajstić information content (AvgIpc) is 3.41. The Morgan fingerprint density at radius 1 is 1.23 bits per heavy atom. The highest BCUT2D eigenvalue weighted by Crippen LogP contribution is 2.35. The molecule has 0 unspecified atom stereocenters. The van der Waals surface area contributed by atoms with E-state index in [0.717, 1.165) is 45.9 Å². The fourth-order valence-electron chi connectivity index (χ4n) is 4.22. The molecule has 0 saturated heterocycles. The lowest BCUT2D eigenvalue weighted by molar-refractivity contribution is 0.223. The van der Waals surface area contributed by atoms with Crippen molar-refractivity contribution >= 4 is 27.5 Å². The van der Waals surface area contributed by atoms with Crippen LogP contribution in [-0.2, 0) is 19.5 Å². The Kier molecular flexibility index (Phi) is 6.93. The molecule has 1 saturated carbocycles. The van der Waals surface area contributed by atoms with Crippen LogP contribution in [0.25, 0.3) is 11.3 Å². The molecule has 0 amide bonds. The van der Waals surface area contributed by atoms with E-state index >= 15 is 0 Å². The van der Waals surface area contributed by atoms with Crippen LogP contribution in [0.1, 0.15) is 49.6 Å². The van der Waals surface area contributed by atoms with Crippen molar-refractivity contribution in [2.24, 2.45) is 5.92 Å². The maximum absolute atomic E-state index is 14.4. The molecule has 1 fully saturated rings. The molecular formula is C26H26BrClFN5O. The van der Waals surface area contributed by atoms with Crippen molar-refractivity contribution in [3.8, 4) is 17.0 Å². The molecule has 182 valence electrons. The van der Waals surface area contributed by atoms with Gasteiger partial charge < -0.3 is 4.74 Å². The number of ether oxygens (including phenoxy) is 1. The van der Waals surface area contributed by atoms with Gasteiger partial charge in [-0.25, -0.2) is 4.39 Å². The summed E-state index contributed by atoms with van der Waals surface area (Å²) < 4.78 is 25.4. The van der Waals surface area contributed by atoms with Crippen LogP contribution in [-0.4, -0.2) is 24.5 Å². The third-order valence-corrected chi connectivity index (χ3v) is 6.79. The minimum Gasteiger partial charge on any atom is -0.484 e. The van der Waals surface area contributed by atoms with Gasteiger partial charge in [0, 0.05) is 46.2 Å². The first kappa shape index (κ1) is 24.0. The maximum atomic E-state index is 14.4. The second-order valence-corrected chi connectivity index (χ2v) is 10.3. The van der Waals surface area contributed by atoms with Crippen LogP contribution < -0.4 is 4.74 Å². The van der Waals surface area contributed by atoms with E-state index in [9.17, 15) is 4.39 Å². The zero-order valence-electron chi connectivity index (χ0n) is 19.6. The molecule has 3 heterocycles. The summed E-state index contributed by atoms with van der Waals surface area (Å²) in [6.07, 6.45) is 8.51. The molecule has 0 aliphatic heterocycles. The second-order valence-electron chi connectivity index (χ2n) is 8.97. The molecule has 4 aromatic rings. The molecule has 0 bridgehead atoms. The van der Waals surface area contributed by atoms with Crippen molar-refractivity contribution in [3.63, 3.8) is 0 Å². The van der Waals surface area contributed by atoms with Gasteiger partial charge in [-0.15, -0.1) is 0 Å². The van der Waals surface area contributed by atoms with Gasteiger partial charge in [-0.05, 0) is 72.3 Å². The molecule has 1 aliphatic rings. The van der Waals surface area contributed by atoms with E-state index in [2.05, 4.69) is 37.3 Å². The van der Waals surface area contributed by atoms with Crippen LogP contribution in [0.4, 0.5) is 4.39 Å². The molecule has 35 heavy (non-hydrogen) atoms. The lowest BCUT2D eigenvalue weighted by Gasteiger charge is -2.20. The van der Waals surface area contributed by atoms with Gasteiger partial charge in [-0.2, -0.15) is 10.2 Å². The normalized spacial score (nSPS) is 14.3. The van der Waals surface area contributed by atoms with E-state index in [1.54, 1.807) is 18.3 Å². The van der Waals surface area contributed by atoms with Gasteiger partial charge in [0.15, 0.2) is 5.15 Å². The number of rotatable bonds is 9. The number of pyridine rings is 1. The van der Waals surface area contributed by atoms with E-state index < -0.39 is 6.10 Å². The summed E-state index contributed by atoms with van der Waals surface area (Å²) in [5.74, 6) is 1.08. The molecule has 1 aliphatic carbocycles. The first-order valence-electron chi connectivity index (χ1n) is 11.7. The number of aromatic nitrogens is 5. The molecular weight excluding hydrogens is 533 g/mol. The first-order chi connectivity index (χ1) is 16.9. The van der Waals surface area contributed by atoms with Crippen LogP contribution >= 0.6 is 27.5 Å². The molecule has 0 spiro atoms. The van der Waals surface area contributed by atoms with E-state index in [1.807, 2.05) is 35.5 Å². The van der Waals surface area contributed by atoms with Gasteiger partial charge in [-0.1, -0.05) is 18.5 Å².